The summed E-state index contributed by atoms with van der Waals surface area (Å²) in [5, 5.41) is 10.6. The molecule has 0 saturated carbocycles. The second kappa shape index (κ2) is 6.86. The van der Waals surface area contributed by atoms with Gasteiger partial charge in [-0.25, -0.2) is 0 Å². The minimum atomic E-state index is -0.224. The highest BCUT2D eigenvalue weighted by Gasteiger charge is 2.17. The van der Waals surface area contributed by atoms with E-state index in [-0.39, 0.29) is 41.5 Å². The fourth-order valence-electron chi connectivity index (χ4n) is 2.31. The molecule has 2 rings (SSSR count). The van der Waals surface area contributed by atoms with E-state index in [4.69, 9.17) is 9.15 Å². The summed E-state index contributed by atoms with van der Waals surface area (Å²) in [5.74, 6) is 0.293. The molecule has 0 radical (unpaired) electrons. The van der Waals surface area contributed by atoms with Crippen LogP contribution in [-0.2, 0) is 9.53 Å². The van der Waals surface area contributed by atoms with Crippen LogP contribution in [0.15, 0.2) is 22.6 Å². The Morgan fingerprint density at radius 1 is 1.22 bits per heavy atom. The molecule has 0 spiro atoms. The van der Waals surface area contributed by atoms with Gasteiger partial charge in [0.05, 0.1) is 5.56 Å². The molecular weight excluding hydrogens is 296 g/mol. The zero-order valence-corrected chi connectivity index (χ0v) is 13.9. The largest absolute Gasteiger partial charge is 0.507 e. The van der Waals surface area contributed by atoms with Crippen molar-refractivity contribution in [2.24, 2.45) is 5.92 Å². The predicted molar refractivity (Wildman–Crippen MR) is 86.7 cm³/mol. The summed E-state index contributed by atoms with van der Waals surface area (Å²) in [6, 6.07) is 4.84. The Hall–Kier alpha value is -2.30. The van der Waals surface area contributed by atoms with E-state index in [2.05, 4.69) is 0 Å². The van der Waals surface area contributed by atoms with Crippen LogP contribution in [0.25, 0.3) is 11.0 Å². The number of hydrogen-bond donors (Lipinski definition) is 1. The molecule has 1 aromatic carbocycles. The van der Waals surface area contributed by atoms with Crippen LogP contribution >= 0.6 is 0 Å². The molecule has 0 bridgehead atoms. The number of rotatable bonds is 6. The van der Waals surface area contributed by atoms with Crippen molar-refractivity contribution in [2.75, 3.05) is 6.61 Å². The highest BCUT2D eigenvalue weighted by Crippen LogP contribution is 2.30. The molecule has 0 saturated heterocycles. The molecule has 124 valence electrons. The lowest BCUT2D eigenvalue weighted by Gasteiger charge is -2.10. The summed E-state index contributed by atoms with van der Waals surface area (Å²) in [7, 11) is 0. The second-order valence-electron chi connectivity index (χ2n) is 6.29. The Morgan fingerprint density at radius 3 is 2.52 bits per heavy atom. The Morgan fingerprint density at radius 2 is 1.91 bits per heavy atom. The van der Waals surface area contributed by atoms with E-state index in [0.29, 0.717) is 23.2 Å². The molecule has 0 aliphatic carbocycles. The molecule has 0 aliphatic heterocycles. The molecule has 5 nitrogen and oxygen atoms in total. The maximum atomic E-state index is 11.6. The number of benzene rings is 1. The van der Waals surface area contributed by atoms with Crippen molar-refractivity contribution in [3.05, 3.63) is 29.5 Å². The molecule has 23 heavy (non-hydrogen) atoms. The van der Waals surface area contributed by atoms with E-state index in [1.807, 2.05) is 20.8 Å². The Balaban J connectivity index is 2.13. The van der Waals surface area contributed by atoms with Gasteiger partial charge in [0, 0.05) is 17.7 Å². The molecule has 5 heteroatoms. The number of carbonyl (C=O) groups is 2. The first kappa shape index (κ1) is 17.1. The Kier molecular flexibility index (Phi) is 5.08. The highest BCUT2D eigenvalue weighted by atomic mass is 16.5. The van der Waals surface area contributed by atoms with E-state index >= 15 is 0 Å². The SMILES string of the molecule is CC(=O)c1cc2oc([C@@H](C)COC(=O)CC(C)C)cc2cc1O. The van der Waals surface area contributed by atoms with Crippen LogP contribution in [0, 0.1) is 5.92 Å². The minimum Gasteiger partial charge on any atom is -0.507 e. The minimum absolute atomic E-state index is 0.0617. The lowest BCUT2D eigenvalue weighted by atomic mass is 10.1. The summed E-state index contributed by atoms with van der Waals surface area (Å²) >= 11 is 0. The van der Waals surface area contributed by atoms with Gasteiger partial charge in [-0.05, 0) is 31.0 Å². The van der Waals surface area contributed by atoms with E-state index in [1.165, 1.54) is 19.1 Å². The summed E-state index contributed by atoms with van der Waals surface area (Å²) in [6.45, 7) is 7.44. The van der Waals surface area contributed by atoms with Crippen molar-refractivity contribution in [2.45, 2.75) is 40.0 Å². The van der Waals surface area contributed by atoms with E-state index < -0.39 is 0 Å². The van der Waals surface area contributed by atoms with Crippen molar-refractivity contribution >= 4 is 22.7 Å². The van der Waals surface area contributed by atoms with Gasteiger partial charge in [-0.3, -0.25) is 9.59 Å². The number of hydrogen-bond acceptors (Lipinski definition) is 5. The molecule has 1 aromatic heterocycles. The van der Waals surface area contributed by atoms with Crippen LogP contribution in [0.4, 0.5) is 0 Å². The van der Waals surface area contributed by atoms with Crippen molar-refractivity contribution in [3.8, 4) is 5.75 Å². The third-order valence-electron chi connectivity index (χ3n) is 3.59. The third-order valence-corrected chi connectivity index (χ3v) is 3.59. The smallest absolute Gasteiger partial charge is 0.306 e. The first-order chi connectivity index (χ1) is 10.8. The summed E-state index contributed by atoms with van der Waals surface area (Å²) in [4.78, 5) is 23.1. The van der Waals surface area contributed by atoms with Crippen LogP contribution < -0.4 is 0 Å². The quantitative estimate of drug-likeness (QED) is 0.642. The van der Waals surface area contributed by atoms with Crippen molar-refractivity contribution < 1.29 is 23.8 Å². The van der Waals surface area contributed by atoms with Crippen molar-refractivity contribution in [3.63, 3.8) is 0 Å². The Labute approximate surface area is 135 Å². The van der Waals surface area contributed by atoms with Gasteiger partial charge < -0.3 is 14.3 Å². The van der Waals surface area contributed by atoms with Gasteiger partial charge in [-0.15, -0.1) is 0 Å². The number of esters is 1. The van der Waals surface area contributed by atoms with Crippen molar-refractivity contribution in [1.82, 2.24) is 0 Å². The van der Waals surface area contributed by atoms with Gasteiger partial charge in [-0.1, -0.05) is 20.8 Å². The summed E-state index contributed by atoms with van der Waals surface area (Å²) in [5.41, 5.74) is 0.762. The van der Waals surface area contributed by atoms with E-state index in [9.17, 15) is 14.7 Å². The van der Waals surface area contributed by atoms with Crippen LogP contribution in [-0.4, -0.2) is 23.5 Å². The lowest BCUT2D eigenvalue weighted by Crippen LogP contribution is -2.12. The first-order valence-electron chi connectivity index (χ1n) is 7.71. The lowest BCUT2D eigenvalue weighted by molar-refractivity contribution is -0.145. The topological polar surface area (TPSA) is 76.7 Å². The van der Waals surface area contributed by atoms with E-state index in [1.54, 1.807) is 6.07 Å². The number of ether oxygens (including phenoxy) is 1. The normalized spacial score (nSPS) is 12.6. The van der Waals surface area contributed by atoms with E-state index in [0.717, 1.165) is 0 Å². The number of aromatic hydroxyl groups is 1. The number of furan rings is 1. The summed E-state index contributed by atoms with van der Waals surface area (Å²) < 4.78 is 11.0. The van der Waals surface area contributed by atoms with Gasteiger partial charge in [0.25, 0.3) is 0 Å². The molecule has 0 unspecified atom stereocenters. The highest BCUT2D eigenvalue weighted by molar-refractivity contribution is 6.00. The number of carbonyl (C=O) groups excluding carboxylic acids is 2. The fraction of sp³-hybridized carbons (Fsp3) is 0.444. The first-order valence-corrected chi connectivity index (χ1v) is 7.71. The number of phenols is 1. The maximum absolute atomic E-state index is 11.6. The molecule has 0 amide bonds. The molecule has 0 fully saturated rings. The zero-order chi connectivity index (χ0) is 17.1. The average molecular weight is 318 g/mol. The number of Topliss-reactive ketones (excluding diaryl/α,β-unsaturated/α-hetero) is 1. The molecule has 1 atom stereocenters. The second-order valence-corrected chi connectivity index (χ2v) is 6.29. The number of phenolic OH excluding ortho intramolecular Hbond substituents is 1. The van der Waals surface area contributed by atoms with Crippen LogP contribution in [0.2, 0.25) is 0 Å². The monoisotopic (exact) mass is 318 g/mol. The number of ketones is 1. The van der Waals surface area contributed by atoms with Crippen LogP contribution in [0.1, 0.15) is 56.2 Å². The van der Waals surface area contributed by atoms with Gasteiger partial charge in [0.1, 0.15) is 23.7 Å². The van der Waals surface area contributed by atoms with Gasteiger partial charge >= 0.3 is 5.97 Å². The van der Waals surface area contributed by atoms with Crippen LogP contribution in [0.5, 0.6) is 5.75 Å². The van der Waals surface area contributed by atoms with Gasteiger partial charge in [0.15, 0.2) is 5.78 Å². The van der Waals surface area contributed by atoms with Gasteiger partial charge in [0.2, 0.25) is 0 Å². The number of fused-ring (bicyclic) bond motifs is 1. The standard InChI is InChI=1S/C18H22O5/c1-10(2)5-18(21)22-9-11(3)16-7-13-6-15(20)14(12(4)19)8-17(13)23-16/h6-8,10-11,20H,5,9H2,1-4H3/t11-/m0/s1. The van der Waals surface area contributed by atoms with Gasteiger partial charge in [-0.2, -0.15) is 0 Å². The molecule has 0 aliphatic rings. The predicted octanol–water partition coefficient (Wildman–Crippen LogP) is 4.03. The maximum Gasteiger partial charge on any atom is 0.306 e. The molecule has 1 heterocycles. The van der Waals surface area contributed by atoms with Crippen LogP contribution in [0.3, 0.4) is 0 Å². The zero-order valence-electron chi connectivity index (χ0n) is 13.9. The third kappa shape index (κ3) is 4.12. The average Bonchev–Trinajstić information content (AvgIpc) is 2.85. The molecule has 1 N–H and O–H groups in total. The Bertz CT molecular complexity index is 726. The molecule has 2 aromatic rings. The fourth-order valence-corrected chi connectivity index (χ4v) is 2.31. The van der Waals surface area contributed by atoms with Crippen molar-refractivity contribution in [1.29, 1.82) is 0 Å². The molecular formula is C18H22O5. The summed E-state index contributed by atoms with van der Waals surface area (Å²) in [6.07, 6.45) is 0.392.